The zero-order chi connectivity index (χ0) is 9.60. The normalized spacial score (nSPS) is 40.4. The molecule has 2 atom stereocenters. The molecular formula is C12H18O2. The van der Waals surface area contributed by atoms with Crippen molar-refractivity contribution >= 4 is 0 Å². The second kappa shape index (κ2) is 3.07. The summed E-state index contributed by atoms with van der Waals surface area (Å²) in [6, 6.07) is 0. The molecular weight excluding hydrogens is 176 g/mol. The molecule has 1 spiro atoms. The van der Waals surface area contributed by atoms with E-state index in [-0.39, 0.29) is 5.79 Å². The molecule has 2 nitrogen and oxygen atoms in total. The average molecular weight is 194 g/mol. The van der Waals surface area contributed by atoms with Crippen LogP contribution in [-0.4, -0.2) is 19.0 Å². The molecule has 0 unspecified atom stereocenters. The summed E-state index contributed by atoms with van der Waals surface area (Å²) < 4.78 is 11.8. The molecule has 0 aromatic heterocycles. The molecule has 0 amide bonds. The Morgan fingerprint density at radius 1 is 1.14 bits per heavy atom. The molecule has 0 N–H and O–H groups in total. The van der Waals surface area contributed by atoms with Gasteiger partial charge in [-0.2, -0.15) is 0 Å². The maximum Gasteiger partial charge on any atom is 0.171 e. The van der Waals surface area contributed by atoms with E-state index in [0.717, 1.165) is 32.0 Å². The van der Waals surface area contributed by atoms with Gasteiger partial charge in [0.25, 0.3) is 0 Å². The van der Waals surface area contributed by atoms with Gasteiger partial charge in [0.2, 0.25) is 0 Å². The van der Waals surface area contributed by atoms with Crippen molar-refractivity contribution in [2.24, 2.45) is 11.8 Å². The number of fused-ring (bicyclic) bond motifs is 3. The summed E-state index contributed by atoms with van der Waals surface area (Å²) in [6.07, 6.45) is 6.00. The van der Waals surface area contributed by atoms with Crippen LogP contribution in [0.25, 0.3) is 0 Å². The highest BCUT2D eigenvalue weighted by molar-refractivity contribution is 5.11. The van der Waals surface area contributed by atoms with Gasteiger partial charge >= 0.3 is 0 Å². The second-order valence-electron chi connectivity index (χ2n) is 4.88. The molecule has 4 fully saturated rings. The van der Waals surface area contributed by atoms with E-state index in [0.29, 0.717) is 5.92 Å². The van der Waals surface area contributed by atoms with E-state index in [4.69, 9.17) is 9.47 Å². The van der Waals surface area contributed by atoms with Gasteiger partial charge in [0.05, 0.1) is 13.2 Å². The van der Waals surface area contributed by atoms with Crippen LogP contribution in [0.15, 0.2) is 12.2 Å². The molecule has 0 aromatic carbocycles. The van der Waals surface area contributed by atoms with E-state index in [1.165, 1.54) is 24.8 Å². The van der Waals surface area contributed by atoms with Crippen LogP contribution in [0.2, 0.25) is 0 Å². The van der Waals surface area contributed by atoms with Crippen molar-refractivity contribution in [2.75, 3.05) is 13.2 Å². The third-order valence-electron chi connectivity index (χ3n) is 4.19. The molecule has 1 aliphatic heterocycles. The summed E-state index contributed by atoms with van der Waals surface area (Å²) in [5.74, 6) is 1.11. The molecule has 1 saturated heterocycles. The number of hydrogen-bond acceptors (Lipinski definition) is 2. The van der Waals surface area contributed by atoms with Crippen LogP contribution in [0, 0.1) is 11.8 Å². The Morgan fingerprint density at radius 3 is 2.64 bits per heavy atom. The smallest absolute Gasteiger partial charge is 0.171 e. The molecule has 14 heavy (non-hydrogen) atoms. The van der Waals surface area contributed by atoms with Crippen LogP contribution < -0.4 is 0 Å². The first-order valence-electron chi connectivity index (χ1n) is 5.76. The number of ether oxygens (including phenoxy) is 2. The standard InChI is InChI=1S/C12H18O2/c1-9-8-11-3-2-10(9)4-5-12(11)13-6-7-14-12/h10-11H,1-8H2/t10-,11-/m0/s1. The van der Waals surface area contributed by atoms with Crippen LogP contribution >= 0.6 is 0 Å². The van der Waals surface area contributed by atoms with E-state index in [9.17, 15) is 0 Å². The molecule has 3 saturated carbocycles. The maximum absolute atomic E-state index is 5.88. The minimum atomic E-state index is -0.214. The summed E-state index contributed by atoms with van der Waals surface area (Å²) in [4.78, 5) is 0. The summed E-state index contributed by atoms with van der Waals surface area (Å²) in [5, 5.41) is 0. The molecule has 78 valence electrons. The van der Waals surface area contributed by atoms with E-state index in [2.05, 4.69) is 6.58 Å². The lowest BCUT2D eigenvalue weighted by molar-refractivity contribution is -0.197. The van der Waals surface area contributed by atoms with Crippen molar-refractivity contribution in [3.05, 3.63) is 12.2 Å². The van der Waals surface area contributed by atoms with Gasteiger partial charge in [-0.1, -0.05) is 12.2 Å². The first-order chi connectivity index (χ1) is 6.80. The van der Waals surface area contributed by atoms with E-state index in [1.807, 2.05) is 0 Å². The third-order valence-corrected chi connectivity index (χ3v) is 4.19. The fourth-order valence-electron chi connectivity index (χ4n) is 3.35. The van der Waals surface area contributed by atoms with Crippen molar-refractivity contribution in [2.45, 2.75) is 37.9 Å². The molecule has 0 aromatic rings. The van der Waals surface area contributed by atoms with Gasteiger partial charge in [0, 0.05) is 12.3 Å². The monoisotopic (exact) mass is 194 g/mol. The zero-order valence-corrected chi connectivity index (χ0v) is 8.63. The topological polar surface area (TPSA) is 18.5 Å². The van der Waals surface area contributed by atoms with E-state index in [1.54, 1.807) is 0 Å². The van der Waals surface area contributed by atoms with Crippen LogP contribution in [-0.2, 0) is 9.47 Å². The lowest BCUT2D eigenvalue weighted by Crippen LogP contribution is -2.38. The molecule has 0 radical (unpaired) electrons. The SMILES string of the molecule is C=C1C[C@@H]2CC[C@H]1CCC21OCCO1. The number of rotatable bonds is 0. The Hall–Kier alpha value is -0.340. The van der Waals surface area contributed by atoms with Gasteiger partial charge in [-0.15, -0.1) is 0 Å². The first kappa shape index (κ1) is 8.93. The minimum Gasteiger partial charge on any atom is -0.347 e. The van der Waals surface area contributed by atoms with Gasteiger partial charge in [-0.05, 0) is 31.6 Å². The fourth-order valence-corrected chi connectivity index (χ4v) is 3.35. The molecule has 3 aliphatic carbocycles. The Morgan fingerprint density at radius 2 is 1.93 bits per heavy atom. The highest BCUT2D eigenvalue weighted by Crippen LogP contribution is 2.49. The maximum atomic E-state index is 5.88. The first-order valence-corrected chi connectivity index (χ1v) is 5.76. The van der Waals surface area contributed by atoms with Gasteiger partial charge < -0.3 is 9.47 Å². The highest BCUT2D eigenvalue weighted by Gasteiger charge is 2.49. The highest BCUT2D eigenvalue weighted by atomic mass is 16.7. The zero-order valence-electron chi connectivity index (χ0n) is 8.63. The van der Waals surface area contributed by atoms with Crippen LogP contribution in [0.1, 0.15) is 32.1 Å². The molecule has 4 rings (SSSR count). The molecule has 1 heterocycles. The molecule has 2 heteroatoms. The lowest BCUT2D eigenvalue weighted by Gasteiger charge is -2.35. The van der Waals surface area contributed by atoms with Crippen LogP contribution in [0.5, 0.6) is 0 Å². The second-order valence-corrected chi connectivity index (χ2v) is 4.88. The van der Waals surface area contributed by atoms with E-state index >= 15 is 0 Å². The Balaban J connectivity index is 1.90. The van der Waals surface area contributed by atoms with Crippen molar-refractivity contribution in [3.8, 4) is 0 Å². The molecule has 4 aliphatic rings. The van der Waals surface area contributed by atoms with Gasteiger partial charge in [-0.3, -0.25) is 0 Å². The van der Waals surface area contributed by atoms with E-state index < -0.39 is 0 Å². The quantitative estimate of drug-likeness (QED) is 0.552. The van der Waals surface area contributed by atoms with Gasteiger partial charge in [0.1, 0.15) is 0 Å². The number of allylic oxidation sites excluding steroid dienone is 1. The summed E-state index contributed by atoms with van der Waals surface area (Å²) in [7, 11) is 0. The summed E-state index contributed by atoms with van der Waals surface area (Å²) in [5.41, 5.74) is 1.44. The fraction of sp³-hybridized carbons (Fsp3) is 0.833. The predicted octanol–water partition coefficient (Wildman–Crippen LogP) is 2.50. The van der Waals surface area contributed by atoms with Crippen molar-refractivity contribution in [3.63, 3.8) is 0 Å². The Bertz CT molecular complexity index is 253. The third kappa shape index (κ3) is 1.17. The van der Waals surface area contributed by atoms with Gasteiger partial charge in [0.15, 0.2) is 5.79 Å². The minimum absolute atomic E-state index is 0.214. The average Bonchev–Trinajstić information content (AvgIpc) is 2.54. The van der Waals surface area contributed by atoms with Crippen LogP contribution in [0.3, 0.4) is 0 Å². The largest absolute Gasteiger partial charge is 0.347 e. The summed E-state index contributed by atoms with van der Waals surface area (Å²) in [6.45, 7) is 5.77. The van der Waals surface area contributed by atoms with Gasteiger partial charge in [-0.25, -0.2) is 0 Å². The van der Waals surface area contributed by atoms with Crippen LogP contribution in [0.4, 0.5) is 0 Å². The van der Waals surface area contributed by atoms with Crippen molar-refractivity contribution in [1.82, 2.24) is 0 Å². The number of hydrogen-bond donors (Lipinski definition) is 0. The Labute approximate surface area is 85.3 Å². The lowest BCUT2D eigenvalue weighted by atomic mass is 9.79. The predicted molar refractivity (Wildman–Crippen MR) is 53.8 cm³/mol. The Kier molecular flexibility index (Phi) is 1.96. The van der Waals surface area contributed by atoms with Crippen molar-refractivity contribution < 1.29 is 9.47 Å². The summed E-state index contributed by atoms with van der Waals surface area (Å²) >= 11 is 0. The van der Waals surface area contributed by atoms with Crippen molar-refractivity contribution in [1.29, 1.82) is 0 Å². The molecule has 2 bridgehead atoms.